The smallest absolute Gasteiger partial charge is 0.410 e. The molecule has 1 amide bonds. The van der Waals surface area contributed by atoms with Crippen LogP contribution in [0, 0.1) is 0 Å². The largest absolute Gasteiger partial charge is 0.444 e. The third kappa shape index (κ3) is 5.45. The number of aromatic nitrogens is 3. The van der Waals surface area contributed by atoms with Gasteiger partial charge in [0.15, 0.2) is 0 Å². The number of pyridine rings is 1. The number of carbonyl (C=O) groups excluding carboxylic acids is 1. The molecular formula is C24H29ClN6O2. The highest BCUT2D eigenvalue weighted by Crippen LogP contribution is 2.27. The molecule has 0 saturated carbocycles. The van der Waals surface area contributed by atoms with Gasteiger partial charge in [-0.3, -0.25) is 0 Å². The van der Waals surface area contributed by atoms with Crippen LogP contribution in [0.1, 0.15) is 32.3 Å². The summed E-state index contributed by atoms with van der Waals surface area (Å²) in [6.45, 7) is 7.17. The number of fused-ring (bicyclic) bond motifs is 1. The molecule has 1 atom stereocenters. The van der Waals surface area contributed by atoms with Crippen LogP contribution in [-0.4, -0.2) is 58.2 Å². The molecule has 1 saturated heterocycles. The Morgan fingerprint density at radius 1 is 1.24 bits per heavy atom. The topological polar surface area (TPSA) is 83.5 Å². The molecule has 0 radical (unpaired) electrons. The average molecular weight is 469 g/mol. The molecule has 0 bridgehead atoms. The van der Waals surface area contributed by atoms with Crippen molar-refractivity contribution in [1.82, 2.24) is 19.9 Å². The number of halogens is 1. The molecule has 3 heterocycles. The first-order chi connectivity index (χ1) is 16.1. The number of anilines is 2. The molecule has 1 unspecified atom stereocenters. The molecule has 1 aliphatic heterocycles. The summed E-state index contributed by atoms with van der Waals surface area (Å²) in [4.78, 5) is 30.0. The van der Waals surface area contributed by atoms with Crippen LogP contribution in [0.5, 0.6) is 0 Å². The predicted octanol–water partition coefficient (Wildman–Crippen LogP) is 4.74. The quantitative estimate of drug-likeness (QED) is 0.536. The fraction of sp³-hybridized carbons (Fsp3) is 0.417. The lowest BCUT2D eigenvalue weighted by atomic mass is 10.1. The number of rotatable bonds is 7. The van der Waals surface area contributed by atoms with Gasteiger partial charge in [-0.2, -0.15) is 0 Å². The lowest BCUT2D eigenvalue weighted by Gasteiger charge is -2.34. The Morgan fingerprint density at radius 2 is 2.06 bits per heavy atom. The maximum Gasteiger partial charge on any atom is 0.410 e. The summed E-state index contributed by atoms with van der Waals surface area (Å²) in [5, 5.41) is 4.82. The van der Waals surface area contributed by atoms with Crippen LogP contribution in [0.4, 0.5) is 16.6 Å². The van der Waals surface area contributed by atoms with Crippen LogP contribution >= 0.6 is 11.6 Å². The third-order valence-corrected chi connectivity index (χ3v) is 6.22. The highest BCUT2D eigenvalue weighted by atomic mass is 35.5. The summed E-state index contributed by atoms with van der Waals surface area (Å²) in [5.41, 5.74) is 1.79. The maximum atomic E-state index is 12.4. The molecule has 3 aromatic rings. The van der Waals surface area contributed by atoms with Gasteiger partial charge >= 0.3 is 6.09 Å². The van der Waals surface area contributed by atoms with Crippen molar-refractivity contribution in [2.45, 2.75) is 39.3 Å². The van der Waals surface area contributed by atoms with E-state index < -0.39 is 0 Å². The number of benzene rings is 1. The van der Waals surface area contributed by atoms with Crippen molar-refractivity contribution in [2.24, 2.45) is 0 Å². The summed E-state index contributed by atoms with van der Waals surface area (Å²) >= 11 is 6.24. The van der Waals surface area contributed by atoms with Gasteiger partial charge in [-0.25, -0.2) is 19.7 Å². The molecule has 1 aromatic carbocycles. The summed E-state index contributed by atoms with van der Waals surface area (Å²) in [6, 6.07) is 9.57. The number of nitrogens with zero attached hydrogens (tertiary/aromatic N) is 5. The zero-order valence-electron chi connectivity index (χ0n) is 19.0. The van der Waals surface area contributed by atoms with Gasteiger partial charge in [0.05, 0.1) is 17.4 Å². The Hall–Kier alpha value is -3.13. The lowest BCUT2D eigenvalue weighted by molar-refractivity contribution is 0.0585. The van der Waals surface area contributed by atoms with E-state index in [0.717, 1.165) is 41.7 Å². The molecule has 33 heavy (non-hydrogen) atoms. The van der Waals surface area contributed by atoms with E-state index in [1.165, 1.54) is 0 Å². The number of ether oxygens (including phenoxy) is 1. The minimum absolute atomic E-state index is 0.165. The zero-order valence-corrected chi connectivity index (χ0v) is 19.8. The van der Waals surface area contributed by atoms with Crippen LogP contribution in [0.25, 0.3) is 10.9 Å². The number of nitrogens with one attached hydrogen (secondary N) is 1. The third-order valence-electron chi connectivity index (χ3n) is 5.85. The minimum Gasteiger partial charge on any atom is -0.444 e. The number of carbonyl (C=O) groups is 1. The fourth-order valence-corrected chi connectivity index (χ4v) is 4.22. The monoisotopic (exact) mass is 468 g/mol. The van der Waals surface area contributed by atoms with Crippen molar-refractivity contribution < 1.29 is 9.53 Å². The highest BCUT2D eigenvalue weighted by molar-refractivity contribution is 6.31. The van der Waals surface area contributed by atoms with Gasteiger partial charge in [0.2, 0.25) is 5.95 Å². The van der Waals surface area contributed by atoms with E-state index in [-0.39, 0.29) is 12.2 Å². The van der Waals surface area contributed by atoms with Crippen LogP contribution in [-0.2, 0) is 11.3 Å². The van der Waals surface area contributed by atoms with Gasteiger partial charge in [-0.05, 0) is 44.4 Å². The molecule has 1 aliphatic rings. The molecule has 0 aliphatic carbocycles. The molecule has 1 N–H and O–H groups in total. The summed E-state index contributed by atoms with van der Waals surface area (Å²) in [6.07, 6.45) is 4.91. The van der Waals surface area contributed by atoms with E-state index in [1.807, 2.05) is 44.2 Å². The van der Waals surface area contributed by atoms with Crippen LogP contribution in [0.3, 0.4) is 0 Å². The first-order valence-corrected chi connectivity index (χ1v) is 11.8. The van der Waals surface area contributed by atoms with E-state index in [0.29, 0.717) is 37.1 Å². The second kappa shape index (κ2) is 10.7. The fourth-order valence-electron chi connectivity index (χ4n) is 4.02. The first kappa shape index (κ1) is 23.0. The van der Waals surface area contributed by atoms with Crippen LogP contribution in [0.15, 0.2) is 42.7 Å². The van der Waals surface area contributed by atoms with Gasteiger partial charge in [-0.1, -0.05) is 29.8 Å². The second-order valence-electron chi connectivity index (χ2n) is 7.97. The van der Waals surface area contributed by atoms with Crippen molar-refractivity contribution in [2.75, 3.05) is 36.4 Å². The number of piperidine rings is 1. The number of amides is 1. The Balaban J connectivity index is 1.47. The van der Waals surface area contributed by atoms with Crippen molar-refractivity contribution in [1.29, 1.82) is 0 Å². The molecule has 174 valence electrons. The molecule has 9 heteroatoms. The predicted molar refractivity (Wildman–Crippen MR) is 131 cm³/mol. The molecule has 2 aromatic heterocycles. The Kier molecular flexibility index (Phi) is 7.44. The average Bonchev–Trinajstić information content (AvgIpc) is 2.84. The summed E-state index contributed by atoms with van der Waals surface area (Å²) in [7, 11) is 0. The normalized spacial score (nSPS) is 16.0. The number of hydrogen-bond acceptors (Lipinski definition) is 7. The van der Waals surface area contributed by atoms with Gasteiger partial charge in [0.1, 0.15) is 11.9 Å². The van der Waals surface area contributed by atoms with E-state index in [1.54, 1.807) is 17.3 Å². The van der Waals surface area contributed by atoms with Crippen molar-refractivity contribution in [3.8, 4) is 0 Å². The molecule has 4 rings (SSSR count). The lowest BCUT2D eigenvalue weighted by Crippen LogP contribution is -2.43. The summed E-state index contributed by atoms with van der Waals surface area (Å²) < 4.78 is 5.77. The van der Waals surface area contributed by atoms with E-state index in [9.17, 15) is 4.79 Å². The van der Waals surface area contributed by atoms with Crippen LogP contribution < -0.4 is 10.2 Å². The van der Waals surface area contributed by atoms with E-state index >= 15 is 0 Å². The minimum atomic E-state index is -0.254. The van der Waals surface area contributed by atoms with E-state index in [2.05, 4.69) is 25.2 Å². The first-order valence-electron chi connectivity index (χ1n) is 11.4. The molecule has 0 spiro atoms. The molecule has 1 fully saturated rings. The second-order valence-corrected chi connectivity index (χ2v) is 8.38. The Bertz CT molecular complexity index is 1110. The van der Waals surface area contributed by atoms with Gasteiger partial charge < -0.3 is 19.9 Å². The standard InChI is InChI=1S/C24H29ClN6O2/c1-3-30(4-2)24(32)33-18-9-7-13-31(16-18)22-19-15-28-23(29-21(19)11-12-26-22)27-14-17-8-5-6-10-20(17)25/h5-6,8,10-12,15,18H,3-4,7,9,13-14,16H2,1-2H3,(H,27,28,29). The Labute approximate surface area is 198 Å². The van der Waals surface area contributed by atoms with Crippen molar-refractivity contribution in [3.63, 3.8) is 0 Å². The van der Waals surface area contributed by atoms with E-state index in [4.69, 9.17) is 16.3 Å². The van der Waals surface area contributed by atoms with Gasteiger partial charge in [0, 0.05) is 43.6 Å². The number of hydrogen-bond donors (Lipinski definition) is 1. The van der Waals surface area contributed by atoms with Gasteiger partial charge in [0.25, 0.3) is 0 Å². The Morgan fingerprint density at radius 3 is 2.85 bits per heavy atom. The summed E-state index contributed by atoms with van der Waals surface area (Å²) in [5.74, 6) is 1.35. The molecular weight excluding hydrogens is 440 g/mol. The SMILES string of the molecule is CCN(CC)C(=O)OC1CCCN(c2nccc3nc(NCc4ccccc4Cl)ncc23)C1. The van der Waals surface area contributed by atoms with Crippen LogP contribution in [0.2, 0.25) is 5.02 Å². The van der Waals surface area contributed by atoms with Crippen molar-refractivity contribution in [3.05, 3.63) is 53.3 Å². The van der Waals surface area contributed by atoms with Crippen molar-refractivity contribution >= 4 is 40.4 Å². The molecule has 8 nitrogen and oxygen atoms in total. The highest BCUT2D eigenvalue weighted by Gasteiger charge is 2.26. The van der Waals surface area contributed by atoms with Gasteiger partial charge in [-0.15, -0.1) is 0 Å². The zero-order chi connectivity index (χ0) is 23.2. The maximum absolute atomic E-state index is 12.4.